The standard InChI is InChI=1S/C12H19O4P/c1-4-6-11-10(5-2)8-7-9(3)12(11)16-17(13,14)15/h7-8H,4-6H2,1-3H3,(H2,13,14,15). The molecule has 0 spiro atoms. The van der Waals surface area contributed by atoms with Crippen LogP contribution in [-0.4, -0.2) is 9.79 Å². The predicted octanol–water partition coefficient (Wildman–Crippen LogP) is 2.98. The van der Waals surface area contributed by atoms with Gasteiger partial charge in [-0.25, -0.2) is 4.57 Å². The van der Waals surface area contributed by atoms with Crippen LogP contribution in [0.1, 0.15) is 37.0 Å². The van der Waals surface area contributed by atoms with E-state index in [1.165, 1.54) is 0 Å². The lowest BCUT2D eigenvalue weighted by Gasteiger charge is -2.17. The van der Waals surface area contributed by atoms with E-state index in [4.69, 9.17) is 14.3 Å². The van der Waals surface area contributed by atoms with Crippen molar-refractivity contribution in [2.75, 3.05) is 0 Å². The number of phosphoric ester groups is 1. The first-order valence-electron chi connectivity index (χ1n) is 5.75. The smallest absolute Gasteiger partial charge is 0.404 e. The highest BCUT2D eigenvalue weighted by Gasteiger charge is 2.21. The van der Waals surface area contributed by atoms with Crippen molar-refractivity contribution in [2.24, 2.45) is 0 Å². The molecule has 17 heavy (non-hydrogen) atoms. The molecule has 0 aliphatic rings. The van der Waals surface area contributed by atoms with E-state index in [0.717, 1.165) is 36.0 Å². The SMILES string of the molecule is CCCc1c(CC)ccc(C)c1OP(=O)(O)O. The van der Waals surface area contributed by atoms with E-state index in [2.05, 4.69) is 0 Å². The van der Waals surface area contributed by atoms with Gasteiger partial charge in [-0.3, -0.25) is 9.79 Å². The van der Waals surface area contributed by atoms with Crippen LogP contribution in [-0.2, 0) is 17.4 Å². The summed E-state index contributed by atoms with van der Waals surface area (Å²) in [6.45, 7) is 5.84. The number of benzene rings is 1. The fraction of sp³-hybridized carbons (Fsp3) is 0.500. The molecule has 4 nitrogen and oxygen atoms in total. The van der Waals surface area contributed by atoms with E-state index in [1.54, 1.807) is 6.92 Å². The zero-order valence-electron chi connectivity index (χ0n) is 10.4. The van der Waals surface area contributed by atoms with Crippen LogP contribution >= 0.6 is 7.82 Å². The Labute approximate surface area is 102 Å². The normalized spacial score (nSPS) is 11.6. The Morgan fingerprint density at radius 1 is 1.29 bits per heavy atom. The Morgan fingerprint density at radius 3 is 2.41 bits per heavy atom. The maximum Gasteiger partial charge on any atom is 0.524 e. The minimum absolute atomic E-state index is 0.347. The Morgan fingerprint density at radius 2 is 1.94 bits per heavy atom. The topological polar surface area (TPSA) is 66.8 Å². The van der Waals surface area contributed by atoms with Crippen LogP contribution in [0.5, 0.6) is 5.75 Å². The third-order valence-corrected chi connectivity index (χ3v) is 3.07. The van der Waals surface area contributed by atoms with Crippen molar-refractivity contribution in [1.82, 2.24) is 0 Å². The van der Waals surface area contributed by atoms with Gasteiger partial charge in [0.15, 0.2) is 0 Å². The van der Waals surface area contributed by atoms with Gasteiger partial charge in [0.05, 0.1) is 0 Å². The molecule has 5 heteroatoms. The highest BCUT2D eigenvalue weighted by molar-refractivity contribution is 7.46. The lowest BCUT2D eigenvalue weighted by atomic mass is 9.97. The quantitative estimate of drug-likeness (QED) is 0.797. The molecule has 1 rings (SSSR count). The molecule has 0 atom stereocenters. The van der Waals surface area contributed by atoms with Gasteiger partial charge >= 0.3 is 7.82 Å². The maximum atomic E-state index is 11.0. The molecule has 0 aromatic heterocycles. The van der Waals surface area contributed by atoms with Crippen molar-refractivity contribution in [3.63, 3.8) is 0 Å². The summed E-state index contributed by atoms with van der Waals surface area (Å²) in [6.07, 6.45) is 2.50. The molecular weight excluding hydrogens is 239 g/mol. The van der Waals surface area contributed by atoms with Gasteiger partial charge in [0.1, 0.15) is 5.75 Å². The van der Waals surface area contributed by atoms with Crippen LogP contribution in [0.25, 0.3) is 0 Å². The van der Waals surface area contributed by atoms with Crippen molar-refractivity contribution >= 4 is 7.82 Å². The summed E-state index contributed by atoms with van der Waals surface area (Å²) in [6, 6.07) is 3.83. The summed E-state index contributed by atoms with van der Waals surface area (Å²) in [5.41, 5.74) is 2.76. The second-order valence-electron chi connectivity index (χ2n) is 4.03. The van der Waals surface area contributed by atoms with Crippen molar-refractivity contribution in [3.8, 4) is 5.75 Å². The molecule has 0 fully saturated rings. The number of phosphoric acid groups is 1. The Balaban J connectivity index is 3.28. The van der Waals surface area contributed by atoms with Crippen molar-refractivity contribution in [3.05, 3.63) is 28.8 Å². The van der Waals surface area contributed by atoms with E-state index in [1.807, 2.05) is 26.0 Å². The molecule has 0 heterocycles. The predicted molar refractivity (Wildman–Crippen MR) is 67.2 cm³/mol. The van der Waals surface area contributed by atoms with E-state index in [0.29, 0.717) is 5.75 Å². The van der Waals surface area contributed by atoms with Crippen molar-refractivity contribution in [1.29, 1.82) is 0 Å². The van der Waals surface area contributed by atoms with Crippen LogP contribution in [0.3, 0.4) is 0 Å². The molecule has 0 aliphatic heterocycles. The average Bonchev–Trinajstić information content (AvgIpc) is 2.22. The van der Waals surface area contributed by atoms with Crippen molar-refractivity contribution < 1.29 is 18.9 Å². The first-order valence-corrected chi connectivity index (χ1v) is 7.28. The van der Waals surface area contributed by atoms with Crippen LogP contribution < -0.4 is 4.52 Å². The van der Waals surface area contributed by atoms with Gasteiger partial charge in [0.25, 0.3) is 0 Å². The number of aryl methyl sites for hydroxylation is 2. The van der Waals surface area contributed by atoms with Gasteiger partial charge < -0.3 is 4.52 Å². The minimum Gasteiger partial charge on any atom is -0.404 e. The summed E-state index contributed by atoms with van der Waals surface area (Å²) < 4.78 is 15.8. The second-order valence-corrected chi connectivity index (χ2v) is 5.20. The molecule has 2 N–H and O–H groups in total. The molecule has 0 saturated heterocycles. The Kier molecular flexibility index (Phi) is 4.75. The fourth-order valence-corrected chi connectivity index (χ4v) is 2.38. The highest BCUT2D eigenvalue weighted by atomic mass is 31.2. The van der Waals surface area contributed by atoms with E-state index < -0.39 is 7.82 Å². The molecule has 0 radical (unpaired) electrons. The first-order chi connectivity index (χ1) is 7.89. The highest BCUT2D eigenvalue weighted by Crippen LogP contribution is 2.42. The monoisotopic (exact) mass is 258 g/mol. The molecule has 0 saturated carbocycles. The molecule has 0 amide bonds. The zero-order valence-corrected chi connectivity index (χ0v) is 11.3. The Bertz CT molecular complexity index is 436. The molecule has 0 unspecified atom stereocenters. The minimum atomic E-state index is -4.50. The molecular formula is C12H19O4P. The largest absolute Gasteiger partial charge is 0.524 e. The van der Waals surface area contributed by atoms with E-state index in [-0.39, 0.29) is 0 Å². The third-order valence-electron chi connectivity index (χ3n) is 2.65. The van der Waals surface area contributed by atoms with Gasteiger partial charge in [-0.05, 0) is 36.5 Å². The van der Waals surface area contributed by atoms with Gasteiger partial charge in [-0.2, -0.15) is 0 Å². The summed E-state index contributed by atoms with van der Waals surface area (Å²) in [4.78, 5) is 17.9. The van der Waals surface area contributed by atoms with E-state index in [9.17, 15) is 4.57 Å². The summed E-state index contributed by atoms with van der Waals surface area (Å²) in [5, 5.41) is 0. The number of rotatable bonds is 5. The zero-order chi connectivity index (χ0) is 13.1. The van der Waals surface area contributed by atoms with Crippen LogP contribution in [0, 0.1) is 6.92 Å². The second kappa shape index (κ2) is 5.67. The summed E-state index contributed by atoms with van der Waals surface area (Å²) >= 11 is 0. The summed E-state index contributed by atoms with van der Waals surface area (Å²) in [7, 11) is -4.50. The van der Waals surface area contributed by atoms with Gasteiger partial charge in [0.2, 0.25) is 0 Å². The van der Waals surface area contributed by atoms with Gasteiger partial charge in [-0.1, -0.05) is 32.4 Å². The van der Waals surface area contributed by atoms with Crippen LogP contribution in [0.15, 0.2) is 12.1 Å². The molecule has 1 aromatic carbocycles. The van der Waals surface area contributed by atoms with E-state index >= 15 is 0 Å². The molecule has 96 valence electrons. The molecule has 0 bridgehead atoms. The van der Waals surface area contributed by atoms with Crippen molar-refractivity contribution in [2.45, 2.75) is 40.0 Å². The molecule has 1 aromatic rings. The third kappa shape index (κ3) is 3.84. The number of hydrogen-bond donors (Lipinski definition) is 2. The van der Waals surface area contributed by atoms with Crippen LogP contribution in [0.4, 0.5) is 0 Å². The van der Waals surface area contributed by atoms with Gasteiger partial charge in [0, 0.05) is 0 Å². The number of hydrogen-bond acceptors (Lipinski definition) is 2. The maximum absolute atomic E-state index is 11.0. The summed E-state index contributed by atoms with van der Waals surface area (Å²) in [5.74, 6) is 0.347. The van der Waals surface area contributed by atoms with Gasteiger partial charge in [-0.15, -0.1) is 0 Å². The lowest BCUT2D eigenvalue weighted by Crippen LogP contribution is -2.01. The lowest BCUT2D eigenvalue weighted by molar-refractivity contribution is 0.281. The first kappa shape index (κ1) is 14.2. The molecule has 0 aliphatic carbocycles. The Hall–Kier alpha value is -0.830. The average molecular weight is 258 g/mol. The fourth-order valence-electron chi connectivity index (χ4n) is 1.89. The van der Waals surface area contributed by atoms with Crippen LogP contribution in [0.2, 0.25) is 0 Å².